The third-order valence-electron chi connectivity index (χ3n) is 3.24. The summed E-state index contributed by atoms with van der Waals surface area (Å²) in [5.41, 5.74) is 1.49. The molecule has 0 atom stereocenters. The van der Waals surface area contributed by atoms with Crippen molar-refractivity contribution in [2.75, 3.05) is 27.2 Å². The van der Waals surface area contributed by atoms with E-state index in [0.29, 0.717) is 12.2 Å². The van der Waals surface area contributed by atoms with Gasteiger partial charge in [0.1, 0.15) is 5.75 Å². The van der Waals surface area contributed by atoms with Crippen LogP contribution < -0.4 is 9.88 Å². The van der Waals surface area contributed by atoms with Gasteiger partial charge >= 0.3 is 0 Å². The Morgan fingerprint density at radius 3 is 2.38 bits per heavy atom. The van der Waals surface area contributed by atoms with Crippen molar-refractivity contribution in [2.24, 2.45) is 5.14 Å². The van der Waals surface area contributed by atoms with E-state index in [-0.39, 0.29) is 10.8 Å². The third kappa shape index (κ3) is 5.30. The summed E-state index contributed by atoms with van der Waals surface area (Å²) < 4.78 is 29.2. The molecule has 0 radical (unpaired) electrons. The van der Waals surface area contributed by atoms with Gasteiger partial charge in [0.25, 0.3) is 0 Å². The maximum Gasteiger partial charge on any atom is 0.238 e. The summed E-state index contributed by atoms with van der Waals surface area (Å²) in [6.45, 7) is 7.26. The van der Waals surface area contributed by atoms with Gasteiger partial charge in [-0.1, -0.05) is 13.8 Å². The first-order valence-corrected chi connectivity index (χ1v) is 8.62. The molecule has 0 saturated carbocycles. The van der Waals surface area contributed by atoms with E-state index < -0.39 is 10.0 Å². The van der Waals surface area contributed by atoms with Crippen molar-refractivity contribution in [3.8, 4) is 5.75 Å². The molecule has 0 amide bonds. The van der Waals surface area contributed by atoms with Gasteiger partial charge in [-0.25, -0.2) is 13.6 Å². The van der Waals surface area contributed by atoms with E-state index in [1.54, 1.807) is 12.1 Å². The fourth-order valence-corrected chi connectivity index (χ4v) is 3.06. The summed E-state index contributed by atoms with van der Waals surface area (Å²) in [5.74, 6) is 0.785. The van der Waals surface area contributed by atoms with Gasteiger partial charge in [-0.15, -0.1) is 0 Å². The largest absolute Gasteiger partial charge is 0.493 e. The molecule has 1 aromatic carbocycles. The van der Waals surface area contributed by atoms with Crippen LogP contribution in [0.25, 0.3) is 0 Å². The van der Waals surface area contributed by atoms with Crippen molar-refractivity contribution >= 4 is 10.0 Å². The van der Waals surface area contributed by atoms with E-state index in [1.165, 1.54) is 0 Å². The molecule has 21 heavy (non-hydrogen) atoms. The molecule has 0 aromatic heterocycles. The van der Waals surface area contributed by atoms with E-state index in [9.17, 15) is 8.42 Å². The maximum absolute atomic E-state index is 11.7. The van der Waals surface area contributed by atoms with Crippen molar-refractivity contribution in [1.82, 2.24) is 4.90 Å². The van der Waals surface area contributed by atoms with E-state index in [2.05, 4.69) is 4.90 Å². The minimum atomic E-state index is -3.72. The molecule has 0 aliphatic carbocycles. The van der Waals surface area contributed by atoms with E-state index >= 15 is 0 Å². The van der Waals surface area contributed by atoms with Crippen LogP contribution in [-0.2, 0) is 10.0 Å². The summed E-state index contributed by atoms with van der Waals surface area (Å²) in [7, 11) is 0.317. The monoisotopic (exact) mass is 314 g/mol. The fourth-order valence-electron chi connectivity index (χ4n) is 2.09. The highest BCUT2D eigenvalue weighted by atomic mass is 32.2. The van der Waals surface area contributed by atoms with Crippen LogP contribution in [0.1, 0.15) is 37.3 Å². The zero-order valence-corrected chi connectivity index (χ0v) is 14.3. The number of hydrogen-bond donors (Lipinski definition) is 1. The van der Waals surface area contributed by atoms with Crippen molar-refractivity contribution in [3.05, 3.63) is 23.3 Å². The van der Waals surface area contributed by atoms with Crippen LogP contribution in [0.3, 0.4) is 0 Å². The van der Waals surface area contributed by atoms with Crippen molar-refractivity contribution in [1.29, 1.82) is 0 Å². The van der Waals surface area contributed by atoms with Gasteiger partial charge in [0.05, 0.1) is 11.5 Å². The average molecular weight is 314 g/mol. The molecule has 1 aromatic rings. The number of benzene rings is 1. The van der Waals surface area contributed by atoms with Gasteiger partial charge in [-0.2, -0.15) is 0 Å². The summed E-state index contributed by atoms with van der Waals surface area (Å²) in [4.78, 5) is 2.29. The van der Waals surface area contributed by atoms with Crippen molar-refractivity contribution in [3.63, 3.8) is 0 Å². The molecule has 5 nitrogen and oxygen atoms in total. The van der Waals surface area contributed by atoms with E-state index in [4.69, 9.17) is 9.88 Å². The SMILES string of the molecule is Cc1cc(S(N)(=O)=O)c(C(C)C)cc1OCCCN(C)C. The summed E-state index contributed by atoms with van der Waals surface area (Å²) >= 11 is 0. The van der Waals surface area contributed by atoms with Crippen LogP contribution in [0.4, 0.5) is 0 Å². The number of hydrogen-bond acceptors (Lipinski definition) is 4. The van der Waals surface area contributed by atoms with Gasteiger partial charge in [-0.3, -0.25) is 0 Å². The molecular weight excluding hydrogens is 288 g/mol. The topological polar surface area (TPSA) is 72.6 Å². The molecule has 0 heterocycles. The van der Waals surface area contributed by atoms with Gasteiger partial charge in [0, 0.05) is 6.54 Å². The quantitative estimate of drug-likeness (QED) is 0.782. The molecule has 6 heteroatoms. The first-order chi connectivity index (χ1) is 9.62. The summed E-state index contributed by atoms with van der Waals surface area (Å²) in [6, 6.07) is 3.40. The lowest BCUT2D eigenvalue weighted by molar-refractivity contribution is 0.279. The Labute approximate surface area is 128 Å². The second-order valence-electron chi connectivity index (χ2n) is 5.86. The van der Waals surface area contributed by atoms with Gasteiger partial charge in [0.2, 0.25) is 10.0 Å². The van der Waals surface area contributed by atoms with Crippen LogP contribution in [0.5, 0.6) is 5.75 Å². The highest BCUT2D eigenvalue weighted by Gasteiger charge is 2.19. The number of rotatable bonds is 7. The average Bonchev–Trinajstić information content (AvgIpc) is 2.33. The molecule has 0 fully saturated rings. The zero-order valence-electron chi connectivity index (χ0n) is 13.5. The van der Waals surface area contributed by atoms with E-state index in [0.717, 1.165) is 24.3 Å². The van der Waals surface area contributed by atoms with Gasteiger partial charge in [-0.05, 0) is 56.6 Å². The molecule has 0 spiro atoms. The number of ether oxygens (including phenoxy) is 1. The molecule has 0 unspecified atom stereocenters. The molecule has 0 bridgehead atoms. The Kier molecular flexibility index (Phi) is 6.19. The second-order valence-corrected chi connectivity index (χ2v) is 7.39. The maximum atomic E-state index is 11.7. The molecular formula is C15H26N2O3S. The number of nitrogens with zero attached hydrogens (tertiary/aromatic N) is 1. The Hall–Kier alpha value is -1.11. The van der Waals surface area contributed by atoms with Crippen molar-refractivity contribution < 1.29 is 13.2 Å². The predicted molar refractivity (Wildman–Crippen MR) is 85.3 cm³/mol. The summed E-state index contributed by atoms with van der Waals surface area (Å²) in [6.07, 6.45) is 0.917. The van der Waals surface area contributed by atoms with Crippen LogP contribution in [0, 0.1) is 6.92 Å². The number of primary sulfonamides is 1. The normalized spacial score (nSPS) is 12.2. The molecule has 0 aliphatic rings. The number of sulfonamides is 1. The smallest absolute Gasteiger partial charge is 0.238 e. The minimum absolute atomic E-state index is 0.0584. The highest BCUT2D eigenvalue weighted by molar-refractivity contribution is 7.89. The van der Waals surface area contributed by atoms with Crippen LogP contribution in [0.2, 0.25) is 0 Å². The van der Waals surface area contributed by atoms with Gasteiger partial charge in [0.15, 0.2) is 0 Å². The molecule has 0 aliphatic heterocycles. The lowest BCUT2D eigenvalue weighted by Gasteiger charge is -2.17. The molecule has 2 N–H and O–H groups in total. The second kappa shape index (κ2) is 7.24. The lowest BCUT2D eigenvalue weighted by Crippen LogP contribution is -2.17. The fraction of sp³-hybridized carbons (Fsp3) is 0.600. The molecule has 0 saturated heterocycles. The number of nitrogens with two attached hydrogens (primary N) is 1. The summed E-state index contributed by atoms with van der Waals surface area (Å²) in [5, 5.41) is 5.30. The third-order valence-corrected chi connectivity index (χ3v) is 4.21. The standard InChI is InChI=1S/C15H26N2O3S/c1-11(2)13-10-14(20-8-6-7-17(4)5)12(3)9-15(13)21(16,18)19/h9-11H,6-8H2,1-5H3,(H2,16,18,19). The van der Waals surface area contributed by atoms with Crippen LogP contribution >= 0.6 is 0 Å². The first-order valence-electron chi connectivity index (χ1n) is 7.07. The Balaban J connectivity index is 3.00. The Bertz CT molecular complexity index is 581. The first kappa shape index (κ1) is 17.9. The Morgan fingerprint density at radius 1 is 1.29 bits per heavy atom. The molecule has 1 rings (SSSR count). The number of aryl methyl sites for hydroxylation is 1. The highest BCUT2D eigenvalue weighted by Crippen LogP contribution is 2.30. The minimum Gasteiger partial charge on any atom is -0.493 e. The Morgan fingerprint density at radius 2 is 1.90 bits per heavy atom. The van der Waals surface area contributed by atoms with Crippen LogP contribution in [0.15, 0.2) is 17.0 Å². The predicted octanol–water partition coefficient (Wildman–Crippen LogP) is 2.10. The van der Waals surface area contributed by atoms with Crippen LogP contribution in [-0.4, -0.2) is 40.6 Å². The van der Waals surface area contributed by atoms with E-state index in [1.807, 2.05) is 34.9 Å². The van der Waals surface area contributed by atoms with Crippen molar-refractivity contribution in [2.45, 2.75) is 38.0 Å². The lowest BCUT2D eigenvalue weighted by atomic mass is 10.0. The zero-order chi connectivity index (χ0) is 16.2. The molecule has 120 valence electrons. The van der Waals surface area contributed by atoms with Gasteiger partial charge < -0.3 is 9.64 Å².